The topological polar surface area (TPSA) is 78.4 Å². The molecule has 2 unspecified atom stereocenters. The average molecular weight is 368 g/mol. The lowest BCUT2D eigenvalue weighted by Gasteiger charge is -2.21. The zero-order chi connectivity index (χ0) is 17.7. The minimum atomic E-state index is -0.618. The highest BCUT2D eigenvalue weighted by atomic mass is 32.2. The third-order valence-corrected chi connectivity index (χ3v) is 6.82. The summed E-state index contributed by atoms with van der Waals surface area (Å²) in [6.45, 7) is 2.95. The van der Waals surface area contributed by atoms with Crippen molar-refractivity contribution in [3.8, 4) is 0 Å². The Kier molecular flexibility index (Phi) is 3.86. The van der Waals surface area contributed by atoms with Crippen LogP contribution in [0, 0.1) is 17.8 Å². The molecule has 1 saturated heterocycles. The Hall–Kier alpha value is -2.12. The molecular formula is C19H20N4O2S. The maximum absolute atomic E-state index is 11.2. The van der Waals surface area contributed by atoms with Crippen molar-refractivity contribution in [2.75, 3.05) is 18.4 Å². The Balaban J connectivity index is 1.27. The largest absolute Gasteiger partial charge is 0.481 e. The number of aliphatic carboxylic acids is 1. The zero-order valence-corrected chi connectivity index (χ0v) is 15.1. The van der Waals surface area contributed by atoms with Crippen LogP contribution in [0.15, 0.2) is 40.5 Å². The van der Waals surface area contributed by atoms with E-state index in [0.29, 0.717) is 11.8 Å². The molecular weight excluding hydrogens is 348 g/mol. The summed E-state index contributed by atoms with van der Waals surface area (Å²) >= 11 is 1.65. The molecule has 6 nitrogen and oxygen atoms in total. The third-order valence-electron chi connectivity index (χ3n) is 5.75. The number of likely N-dealkylation sites (tertiary alicyclic amines) is 1. The Morgan fingerprint density at radius 3 is 2.77 bits per heavy atom. The molecule has 3 heterocycles. The second kappa shape index (κ2) is 6.25. The summed E-state index contributed by atoms with van der Waals surface area (Å²) in [5.41, 5.74) is 2.37. The van der Waals surface area contributed by atoms with Crippen molar-refractivity contribution >= 4 is 29.2 Å². The molecule has 1 saturated carbocycles. The van der Waals surface area contributed by atoms with Gasteiger partial charge in [0, 0.05) is 36.9 Å². The summed E-state index contributed by atoms with van der Waals surface area (Å²) in [5.74, 6) is 1.16. The Labute approximate surface area is 156 Å². The maximum Gasteiger partial charge on any atom is 0.306 e. The molecule has 0 amide bonds. The summed E-state index contributed by atoms with van der Waals surface area (Å²) in [5, 5.41) is 13.5. The van der Waals surface area contributed by atoms with Crippen LogP contribution in [0.4, 0.5) is 11.5 Å². The van der Waals surface area contributed by atoms with E-state index in [1.165, 1.54) is 10.5 Å². The van der Waals surface area contributed by atoms with E-state index < -0.39 is 5.97 Å². The predicted molar refractivity (Wildman–Crippen MR) is 98.5 cm³/mol. The maximum atomic E-state index is 11.2. The zero-order valence-electron chi connectivity index (χ0n) is 14.3. The van der Waals surface area contributed by atoms with Crippen LogP contribution in [0.5, 0.6) is 0 Å². The summed E-state index contributed by atoms with van der Waals surface area (Å²) in [6, 6.07) is 6.54. The number of hydrogen-bond acceptors (Lipinski definition) is 6. The first-order chi connectivity index (χ1) is 12.7. The van der Waals surface area contributed by atoms with Gasteiger partial charge >= 0.3 is 5.97 Å². The van der Waals surface area contributed by atoms with Gasteiger partial charge in [0.2, 0.25) is 0 Å². The Morgan fingerprint density at radius 1 is 1.23 bits per heavy atom. The van der Waals surface area contributed by atoms with Crippen molar-refractivity contribution in [2.45, 2.75) is 29.3 Å². The summed E-state index contributed by atoms with van der Waals surface area (Å²) in [4.78, 5) is 23.6. The van der Waals surface area contributed by atoms with Crippen molar-refractivity contribution in [3.63, 3.8) is 0 Å². The van der Waals surface area contributed by atoms with Gasteiger partial charge in [0.25, 0.3) is 0 Å². The summed E-state index contributed by atoms with van der Waals surface area (Å²) in [6.07, 6.45) is 5.10. The van der Waals surface area contributed by atoms with Crippen LogP contribution in [0.1, 0.15) is 18.4 Å². The second-order valence-corrected chi connectivity index (χ2v) is 8.52. The predicted octanol–water partition coefficient (Wildman–Crippen LogP) is 3.23. The number of fused-ring (bicyclic) bond motifs is 3. The van der Waals surface area contributed by atoms with Crippen LogP contribution < -0.4 is 5.32 Å². The number of carbonyl (C=O) groups is 1. The molecule has 134 valence electrons. The number of aromatic nitrogens is 2. The Bertz CT molecular complexity index is 860. The molecule has 1 aromatic heterocycles. The molecule has 0 bridgehead atoms. The molecule has 2 aromatic rings. The van der Waals surface area contributed by atoms with E-state index in [0.717, 1.165) is 49.0 Å². The highest BCUT2D eigenvalue weighted by Crippen LogP contribution is 2.44. The molecule has 0 radical (unpaired) electrons. The molecule has 26 heavy (non-hydrogen) atoms. The number of anilines is 2. The minimum Gasteiger partial charge on any atom is -0.481 e. The lowest BCUT2D eigenvalue weighted by molar-refractivity contribution is -0.141. The highest BCUT2D eigenvalue weighted by molar-refractivity contribution is 7.99. The van der Waals surface area contributed by atoms with Crippen molar-refractivity contribution in [1.29, 1.82) is 0 Å². The van der Waals surface area contributed by atoms with Gasteiger partial charge in [0.1, 0.15) is 5.03 Å². The number of carboxylic acid groups (broad SMARTS) is 1. The van der Waals surface area contributed by atoms with Gasteiger partial charge in [0.05, 0.1) is 11.6 Å². The van der Waals surface area contributed by atoms with Crippen molar-refractivity contribution < 1.29 is 9.90 Å². The lowest BCUT2D eigenvalue weighted by Crippen LogP contribution is -2.23. The standard InChI is InChI=1S/C19H20N4O2S/c24-19(25)12-6-13-9-23(10-14(13)7-12)8-11-1-2-16-15(5-11)22-17-18(26-16)21-4-3-20-17/h1-5,12-14H,6-10H2,(H,20,22)(H,24,25). The second-order valence-electron chi connectivity index (χ2n) is 7.49. The first kappa shape index (κ1) is 16.1. The van der Waals surface area contributed by atoms with E-state index in [-0.39, 0.29) is 5.92 Å². The van der Waals surface area contributed by atoms with Gasteiger partial charge in [-0.3, -0.25) is 9.69 Å². The fourth-order valence-corrected chi connectivity index (χ4v) is 5.44. The van der Waals surface area contributed by atoms with Gasteiger partial charge in [-0.05, 0) is 42.4 Å². The first-order valence-electron chi connectivity index (χ1n) is 8.99. The van der Waals surface area contributed by atoms with Crippen LogP contribution in [0.3, 0.4) is 0 Å². The molecule has 1 aliphatic carbocycles. The Morgan fingerprint density at radius 2 is 2.00 bits per heavy atom. The van der Waals surface area contributed by atoms with Crippen molar-refractivity contribution in [3.05, 3.63) is 36.2 Å². The van der Waals surface area contributed by atoms with Gasteiger partial charge in [0.15, 0.2) is 5.82 Å². The molecule has 2 aliphatic heterocycles. The van der Waals surface area contributed by atoms with Crippen LogP contribution in [0.25, 0.3) is 0 Å². The van der Waals surface area contributed by atoms with E-state index in [9.17, 15) is 9.90 Å². The number of carboxylic acids is 1. The van der Waals surface area contributed by atoms with Crippen molar-refractivity contribution in [1.82, 2.24) is 14.9 Å². The van der Waals surface area contributed by atoms with E-state index in [2.05, 4.69) is 38.4 Å². The number of benzene rings is 1. The number of nitrogens with zero attached hydrogens (tertiary/aromatic N) is 3. The van der Waals surface area contributed by atoms with E-state index in [1.807, 2.05) is 0 Å². The fourth-order valence-electron chi connectivity index (χ4n) is 4.57. The number of nitrogens with one attached hydrogen (secondary N) is 1. The van der Waals surface area contributed by atoms with Crippen LogP contribution in [-0.4, -0.2) is 39.0 Å². The summed E-state index contributed by atoms with van der Waals surface area (Å²) in [7, 11) is 0. The number of hydrogen-bond donors (Lipinski definition) is 2. The van der Waals surface area contributed by atoms with Crippen LogP contribution in [-0.2, 0) is 11.3 Å². The van der Waals surface area contributed by atoms with E-state index in [4.69, 9.17) is 0 Å². The normalized spacial score (nSPS) is 26.7. The molecule has 1 aromatic carbocycles. The number of rotatable bonds is 3. The van der Waals surface area contributed by atoms with E-state index in [1.54, 1.807) is 24.2 Å². The highest BCUT2D eigenvalue weighted by Gasteiger charge is 2.43. The third kappa shape index (κ3) is 2.85. The molecule has 2 atom stereocenters. The van der Waals surface area contributed by atoms with Crippen LogP contribution in [0.2, 0.25) is 0 Å². The fraction of sp³-hybridized carbons (Fsp3) is 0.421. The van der Waals surface area contributed by atoms with Gasteiger partial charge < -0.3 is 10.4 Å². The molecule has 7 heteroatoms. The molecule has 3 aliphatic rings. The monoisotopic (exact) mass is 368 g/mol. The first-order valence-corrected chi connectivity index (χ1v) is 9.81. The smallest absolute Gasteiger partial charge is 0.306 e. The van der Waals surface area contributed by atoms with Gasteiger partial charge in [-0.15, -0.1) is 0 Å². The quantitative estimate of drug-likeness (QED) is 0.735. The lowest BCUT2D eigenvalue weighted by atomic mass is 10.0. The van der Waals surface area contributed by atoms with Crippen LogP contribution >= 0.6 is 11.8 Å². The molecule has 2 fully saturated rings. The van der Waals surface area contributed by atoms with Crippen molar-refractivity contribution in [2.24, 2.45) is 17.8 Å². The SMILES string of the molecule is O=C(O)C1CC2CN(Cc3ccc4c(c3)Nc3nccnc3S4)CC2C1. The average Bonchev–Trinajstić information content (AvgIpc) is 3.18. The van der Waals surface area contributed by atoms with Gasteiger partial charge in [-0.1, -0.05) is 17.8 Å². The molecule has 2 N–H and O–H groups in total. The molecule has 0 spiro atoms. The van der Waals surface area contributed by atoms with E-state index >= 15 is 0 Å². The summed E-state index contributed by atoms with van der Waals surface area (Å²) < 4.78 is 0. The van der Waals surface area contributed by atoms with Gasteiger partial charge in [-0.25, -0.2) is 9.97 Å². The van der Waals surface area contributed by atoms with Gasteiger partial charge in [-0.2, -0.15) is 0 Å². The molecule has 5 rings (SSSR count). The minimum absolute atomic E-state index is 0.127.